The lowest BCUT2D eigenvalue weighted by molar-refractivity contribution is 0.0945. The number of aromatic amines is 1. The molecule has 0 radical (unpaired) electrons. The van der Waals surface area contributed by atoms with Crippen molar-refractivity contribution in [3.63, 3.8) is 0 Å². The molecule has 5 nitrogen and oxygen atoms in total. The van der Waals surface area contributed by atoms with Gasteiger partial charge in [-0.3, -0.25) is 4.79 Å². The first kappa shape index (κ1) is 11.4. The molecule has 0 aliphatic carbocycles. The van der Waals surface area contributed by atoms with Crippen LogP contribution in [0.4, 0.5) is 0 Å². The Morgan fingerprint density at radius 1 is 1.53 bits per heavy atom. The zero-order valence-electron chi connectivity index (χ0n) is 10.0. The Hall–Kier alpha value is -2.04. The first-order valence-corrected chi connectivity index (χ1v) is 5.57. The number of carbonyl (C=O) groups excluding carboxylic acids is 1. The fourth-order valence-electron chi connectivity index (χ4n) is 1.66. The molecule has 5 heteroatoms. The largest absolute Gasteiger partial charge is 0.350 e. The van der Waals surface area contributed by atoms with Crippen LogP contribution in [0.1, 0.15) is 22.0 Å². The quantitative estimate of drug-likeness (QED) is 0.827. The predicted molar refractivity (Wildman–Crippen MR) is 64.8 cm³/mol. The summed E-state index contributed by atoms with van der Waals surface area (Å²) < 4.78 is 1.88. The number of carbonyl (C=O) groups is 1. The standard InChI is InChI=1S/C12H16N4O/c1-9-3-4-10(16(9)2)12(17)15-6-5-11-13-7-8-14-11/h3-4,7-8H,5-6H2,1-2H3,(H,13,14)(H,15,17). The van der Waals surface area contributed by atoms with Crippen LogP contribution < -0.4 is 5.32 Å². The Morgan fingerprint density at radius 3 is 2.94 bits per heavy atom. The molecule has 0 aliphatic rings. The lowest BCUT2D eigenvalue weighted by atomic mass is 10.3. The van der Waals surface area contributed by atoms with E-state index in [4.69, 9.17) is 0 Å². The van der Waals surface area contributed by atoms with Crippen LogP contribution in [-0.2, 0) is 13.5 Å². The highest BCUT2D eigenvalue weighted by molar-refractivity contribution is 5.92. The molecule has 0 unspecified atom stereocenters. The van der Waals surface area contributed by atoms with Crippen LogP contribution >= 0.6 is 0 Å². The van der Waals surface area contributed by atoms with Gasteiger partial charge in [-0.05, 0) is 19.1 Å². The first-order chi connectivity index (χ1) is 8.18. The summed E-state index contributed by atoms with van der Waals surface area (Å²) in [6.07, 6.45) is 4.19. The van der Waals surface area contributed by atoms with Crippen LogP contribution in [-0.4, -0.2) is 27.0 Å². The van der Waals surface area contributed by atoms with Crippen molar-refractivity contribution in [1.29, 1.82) is 0 Å². The van der Waals surface area contributed by atoms with Crippen LogP contribution in [0, 0.1) is 6.92 Å². The maximum atomic E-state index is 11.8. The molecule has 2 N–H and O–H groups in total. The maximum absolute atomic E-state index is 11.8. The van der Waals surface area contributed by atoms with Gasteiger partial charge in [-0.25, -0.2) is 4.98 Å². The van der Waals surface area contributed by atoms with Crippen LogP contribution in [0.25, 0.3) is 0 Å². The molecule has 1 amide bonds. The Balaban J connectivity index is 1.87. The minimum atomic E-state index is -0.0489. The fraction of sp³-hybridized carbons (Fsp3) is 0.333. The smallest absolute Gasteiger partial charge is 0.267 e. The molecule has 0 bridgehead atoms. The third kappa shape index (κ3) is 2.55. The highest BCUT2D eigenvalue weighted by Crippen LogP contribution is 2.05. The van der Waals surface area contributed by atoms with Crippen molar-refractivity contribution in [1.82, 2.24) is 19.9 Å². The zero-order chi connectivity index (χ0) is 12.3. The van der Waals surface area contributed by atoms with E-state index in [1.54, 1.807) is 12.4 Å². The molecule has 0 aromatic carbocycles. The number of nitrogens with zero attached hydrogens (tertiary/aromatic N) is 2. The summed E-state index contributed by atoms with van der Waals surface area (Å²) >= 11 is 0. The van der Waals surface area contributed by atoms with E-state index in [1.807, 2.05) is 30.7 Å². The third-order valence-corrected chi connectivity index (χ3v) is 2.81. The normalized spacial score (nSPS) is 10.5. The molecule has 0 fully saturated rings. The molecule has 2 rings (SSSR count). The molecular weight excluding hydrogens is 216 g/mol. The molecule has 2 aromatic rings. The molecule has 0 spiro atoms. The van der Waals surface area contributed by atoms with Crippen molar-refractivity contribution in [3.05, 3.63) is 41.7 Å². The number of imidazole rings is 1. The lowest BCUT2D eigenvalue weighted by Gasteiger charge is -2.06. The molecule has 0 saturated carbocycles. The molecule has 17 heavy (non-hydrogen) atoms. The van der Waals surface area contributed by atoms with Gasteiger partial charge in [0.05, 0.1) is 0 Å². The van der Waals surface area contributed by atoms with Crippen LogP contribution in [0.5, 0.6) is 0 Å². The predicted octanol–water partition coefficient (Wildman–Crippen LogP) is 1.03. The number of hydrogen-bond acceptors (Lipinski definition) is 2. The molecule has 0 aliphatic heterocycles. The molecule has 0 saturated heterocycles. The van der Waals surface area contributed by atoms with Crippen molar-refractivity contribution in [2.24, 2.45) is 7.05 Å². The average molecular weight is 232 g/mol. The maximum Gasteiger partial charge on any atom is 0.267 e. The van der Waals surface area contributed by atoms with E-state index in [1.165, 1.54) is 0 Å². The van der Waals surface area contributed by atoms with Crippen LogP contribution in [0.3, 0.4) is 0 Å². The van der Waals surface area contributed by atoms with E-state index < -0.39 is 0 Å². The van der Waals surface area contributed by atoms with Crippen molar-refractivity contribution in [3.8, 4) is 0 Å². The second-order valence-corrected chi connectivity index (χ2v) is 3.96. The summed E-state index contributed by atoms with van der Waals surface area (Å²) in [5.41, 5.74) is 1.75. The van der Waals surface area contributed by atoms with Gasteiger partial charge in [0.1, 0.15) is 11.5 Å². The Bertz CT molecular complexity index is 499. The van der Waals surface area contributed by atoms with E-state index in [-0.39, 0.29) is 5.91 Å². The number of aromatic nitrogens is 3. The van der Waals surface area contributed by atoms with Gasteiger partial charge in [0.15, 0.2) is 0 Å². The number of nitrogens with one attached hydrogen (secondary N) is 2. The van der Waals surface area contributed by atoms with Gasteiger partial charge in [-0.15, -0.1) is 0 Å². The summed E-state index contributed by atoms with van der Waals surface area (Å²) in [7, 11) is 1.89. The lowest BCUT2D eigenvalue weighted by Crippen LogP contribution is -2.27. The number of rotatable bonds is 4. The number of aryl methyl sites for hydroxylation is 1. The van der Waals surface area contributed by atoms with Gasteiger partial charge < -0.3 is 14.9 Å². The summed E-state index contributed by atoms with van der Waals surface area (Å²) in [5, 5.41) is 2.87. The molecule has 2 heterocycles. The number of amides is 1. The van der Waals surface area contributed by atoms with Gasteiger partial charge >= 0.3 is 0 Å². The van der Waals surface area contributed by atoms with E-state index in [2.05, 4.69) is 15.3 Å². The minimum Gasteiger partial charge on any atom is -0.350 e. The topological polar surface area (TPSA) is 62.7 Å². The van der Waals surface area contributed by atoms with Gasteiger partial charge in [-0.1, -0.05) is 0 Å². The van der Waals surface area contributed by atoms with Gasteiger partial charge in [0, 0.05) is 38.1 Å². The van der Waals surface area contributed by atoms with Crippen molar-refractivity contribution >= 4 is 5.91 Å². The molecule has 90 valence electrons. The van der Waals surface area contributed by atoms with Gasteiger partial charge in [0.25, 0.3) is 5.91 Å². The SMILES string of the molecule is Cc1ccc(C(=O)NCCc2ncc[nH]2)n1C. The second kappa shape index (κ2) is 4.86. The van der Waals surface area contributed by atoms with Crippen LogP contribution in [0.2, 0.25) is 0 Å². The van der Waals surface area contributed by atoms with Gasteiger partial charge in [-0.2, -0.15) is 0 Å². The molecular formula is C12H16N4O. The van der Waals surface area contributed by atoms with Crippen LogP contribution in [0.15, 0.2) is 24.5 Å². The van der Waals surface area contributed by atoms with Crippen molar-refractivity contribution < 1.29 is 4.79 Å². The highest BCUT2D eigenvalue weighted by atomic mass is 16.1. The number of hydrogen-bond donors (Lipinski definition) is 2. The Kier molecular flexibility index (Phi) is 3.27. The third-order valence-electron chi connectivity index (χ3n) is 2.81. The van der Waals surface area contributed by atoms with Crippen molar-refractivity contribution in [2.75, 3.05) is 6.54 Å². The monoisotopic (exact) mass is 232 g/mol. The Morgan fingerprint density at radius 2 is 2.35 bits per heavy atom. The molecule has 0 atom stereocenters. The summed E-state index contributed by atoms with van der Waals surface area (Å²) in [6, 6.07) is 3.76. The van der Waals surface area contributed by atoms with E-state index in [9.17, 15) is 4.79 Å². The summed E-state index contributed by atoms with van der Waals surface area (Å²) in [6.45, 7) is 2.55. The summed E-state index contributed by atoms with van der Waals surface area (Å²) in [5.74, 6) is 0.834. The summed E-state index contributed by atoms with van der Waals surface area (Å²) in [4.78, 5) is 18.9. The first-order valence-electron chi connectivity index (χ1n) is 5.57. The average Bonchev–Trinajstić information content (AvgIpc) is 2.91. The number of H-pyrrole nitrogens is 1. The minimum absolute atomic E-state index is 0.0489. The van der Waals surface area contributed by atoms with E-state index >= 15 is 0 Å². The molecule has 2 aromatic heterocycles. The van der Waals surface area contributed by atoms with Crippen molar-refractivity contribution in [2.45, 2.75) is 13.3 Å². The fourth-order valence-corrected chi connectivity index (χ4v) is 1.66. The van der Waals surface area contributed by atoms with Gasteiger partial charge in [0.2, 0.25) is 0 Å². The second-order valence-electron chi connectivity index (χ2n) is 3.96. The zero-order valence-corrected chi connectivity index (χ0v) is 10.0. The van der Waals surface area contributed by atoms with E-state index in [0.717, 1.165) is 11.5 Å². The highest BCUT2D eigenvalue weighted by Gasteiger charge is 2.09. The Labute approximate surface area is 99.9 Å². The van der Waals surface area contributed by atoms with E-state index in [0.29, 0.717) is 18.7 Å².